The van der Waals surface area contributed by atoms with Gasteiger partial charge in [0.25, 0.3) is 0 Å². The molecule has 0 spiro atoms. The van der Waals surface area contributed by atoms with Crippen molar-refractivity contribution in [3.05, 3.63) is 222 Å². The van der Waals surface area contributed by atoms with E-state index >= 15 is 0 Å². The topological polar surface area (TPSA) is 50.0 Å². The second kappa shape index (κ2) is 15.7. The first kappa shape index (κ1) is 36.3. The monoisotopic (exact) mass is 746 g/mol. The van der Waals surface area contributed by atoms with Crippen molar-refractivity contribution in [2.24, 2.45) is 15.0 Å². The Kier molecular flexibility index (Phi) is 9.83. The van der Waals surface area contributed by atoms with Gasteiger partial charge in [-0.3, -0.25) is 9.98 Å². The number of aromatic nitrogens is 1. The molecule has 1 heterocycles. The Morgan fingerprint density at radius 3 is 1.76 bits per heavy atom. The van der Waals surface area contributed by atoms with Crippen LogP contribution >= 0.6 is 0 Å². The van der Waals surface area contributed by atoms with E-state index in [1.807, 2.05) is 48.7 Å². The molecule has 0 saturated carbocycles. The predicted octanol–water partition coefficient (Wildman–Crippen LogP) is 13.2. The lowest BCUT2D eigenvalue weighted by atomic mass is 9.82. The van der Waals surface area contributed by atoms with Gasteiger partial charge in [0.05, 0.1) is 6.54 Å². The lowest BCUT2D eigenvalue weighted by molar-refractivity contribution is 0.660. The SMILES string of the molecule is C=NC(=NC(=NCc1ccc(-c2ccccc2)cc1)c1ccccc1)c1cc(-c2ccc(-c3cccnc3)cc2)cc(-c2ccc3c(c2)-c2ccccc2C3(C)C)c1. The lowest BCUT2D eigenvalue weighted by Crippen LogP contribution is -2.14. The van der Waals surface area contributed by atoms with Crippen molar-refractivity contribution >= 4 is 18.4 Å². The fraction of sp³-hybridized carbons (Fsp3) is 0.0741. The lowest BCUT2D eigenvalue weighted by Gasteiger charge is -2.21. The van der Waals surface area contributed by atoms with Crippen molar-refractivity contribution < 1.29 is 0 Å². The van der Waals surface area contributed by atoms with Gasteiger partial charge in [-0.2, -0.15) is 0 Å². The van der Waals surface area contributed by atoms with Crippen LogP contribution in [0.1, 0.15) is 41.7 Å². The number of hydrogen-bond donors (Lipinski definition) is 0. The van der Waals surface area contributed by atoms with Crippen LogP contribution in [0.25, 0.3) is 55.6 Å². The molecular formula is C54H42N4. The van der Waals surface area contributed by atoms with E-state index in [2.05, 4.69) is 170 Å². The second-order valence-electron chi connectivity index (χ2n) is 15.2. The molecule has 0 saturated heterocycles. The molecule has 0 aliphatic heterocycles. The summed E-state index contributed by atoms with van der Waals surface area (Å²) in [6, 6.07) is 64.1. The maximum atomic E-state index is 5.18. The molecule has 0 atom stereocenters. The molecule has 4 nitrogen and oxygen atoms in total. The average Bonchev–Trinajstić information content (AvgIpc) is 3.52. The third-order valence-corrected chi connectivity index (χ3v) is 11.2. The molecule has 0 N–H and O–H groups in total. The third kappa shape index (κ3) is 7.24. The molecule has 8 aromatic rings. The maximum absolute atomic E-state index is 5.18. The summed E-state index contributed by atoms with van der Waals surface area (Å²) in [6.07, 6.45) is 3.69. The molecule has 278 valence electrons. The molecule has 4 heteroatoms. The number of aliphatic imine (C=N–C) groups is 3. The molecule has 58 heavy (non-hydrogen) atoms. The molecule has 1 aliphatic rings. The van der Waals surface area contributed by atoms with Gasteiger partial charge in [0.2, 0.25) is 0 Å². The zero-order valence-electron chi connectivity index (χ0n) is 32.7. The number of amidine groups is 2. The van der Waals surface area contributed by atoms with Crippen LogP contribution in [0, 0.1) is 0 Å². The fourth-order valence-corrected chi connectivity index (χ4v) is 8.05. The molecule has 0 radical (unpaired) electrons. The van der Waals surface area contributed by atoms with Crippen LogP contribution in [0.2, 0.25) is 0 Å². The van der Waals surface area contributed by atoms with Gasteiger partial charge in [-0.15, -0.1) is 0 Å². The van der Waals surface area contributed by atoms with Crippen LogP contribution < -0.4 is 0 Å². The van der Waals surface area contributed by atoms with Crippen LogP contribution in [-0.2, 0) is 12.0 Å². The minimum atomic E-state index is -0.0722. The normalized spacial score (nSPS) is 13.1. The van der Waals surface area contributed by atoms with Crippen LogP contribution in [0.5, 0.6) is 0 Å². The van der Waals surface area contributed by atoms with E-state index in [4.69, 9.17) is 9.98 Å². The first-order chi connectivity index (χ1) is 28.4. The highest BCUT2D eigenvalue weighted by Crippen LogP contribution is 2.49. The highest BCUT2D eigenvalue weighted by molar-refractivity contribution is 6.13. The Morgan fingerprint density at radius 1 is 0.483 bits per heavy atom. The van der Waals surface area contributed by atoms with E-state index in [1.165, 1.54) is 33.4 Å². The Bertz CT molecular complexity index is 2800. The van der Waals surface area contributed by atoms with Crippen molar-refractivity contribution in [2.45, 2.75) is 25.8 Å². The minimum absolute atomic E-state index is 0.0722. The summed E-state index contributed by atoms with van der Waals surface area (Å²) in [6.45, 7) is 9.13. The number of nitrogens with zero attached hydrogens (tertiary/aromatic N) is 4. The summed E-state index contributed by atoms with van der Waals surface area (Å²) < 4.78 is 0. The number of hydrogen-bond acceptors (Lipinski definition) is 2. The first-order valence-electron chi connectivity index (χ1n) is 19.7. The fourth-order valence-electron chi connectivity index (χ4n) is 8.05. The Labute approximate surface area is 340 Å². The molecule has 0 bridgehead atoms. The van der Waals surface area contributed by atoms with Crippen molar-refractivity contribution in [1.82, 2.24) is 4.98 Å². The van der Waals surface area contributed by atoms with Gasteiger partial charge in [0, 0.05) is 28.9 Å². The molecule has 1 aromatic heterocycles. The van der Waals surface area contributed by atoms with E-state index in [-0.39, 0.29) is 5.41 Å². The zero-order chi connectivity index (χ0) is 39.5. The summed E-state index contributed by atoms with van der Waals surface area (Å²) in [5.74, 6) is 1.10. The van der Waals surface area contributed by atoms with Gasteiger partial charge >= 0.3 is 0 Å². The largest absolute Gasteiger partial charge is 0.264 e. The standard InChI is InChI=1S/C54H42N4/c1-54(2)50-19-11-10-18-48(50)49-34-43(28-29-51(49)54)46-31-45(41-26-24-40(25-27-41)44-17-12-30-56-36-44)32-47(33-46)52(55-3)58-53(42-15-8-5-9-16-42)57-35-37-20-22-39(23-21-37)38-13-6-4-7-14-38/h4-34,36H,3,35H2,1-2H3. The summed E-state index contributed by atoms with van der Waals surface area (Å²) in [5, 5.41) is 0. The molecular weight excluding hydrogens is 705 g/mol. The summed E-state index contributed by atoms with van der Waals surface area (Å²) >= 11 is 0. The minimum Gasteiger partial charge on any atom is -0.264 e. The third-order valence-electron chi connectivity index (χ3n) is 11.2. The van der Waals surface area contributed by atoms with E-state index < -0.39 is 0 Å². The number of benzene rings is 7. The molecule has 0 unspecified atom stereocenters. The predicted molar refractivity (Wildman–Crippen MR) is 243 cm³/mol. The number of pyridine rings is 1. The Hall–Kier alpha value is -7.30. The summed E-state index contributed by atoms with van der Waals surface area (Å²) in [5.41, 5.74) is 16.9. The van der Waals surface area contributed by atoms with Crippen LogP contribution in [0.3, 0.4) is 0 Å². The van der Waals surface area contributed by atoms with Crippen molar-refractivity contribution in [3.8, 4) is 55.6 Å². The smallest absolute Gasteiger partial charge is 0.161 e. The highest BCUT2D eigenvalue weighted by atomic mass is 15.0. The highest BCUT2D eigenvalue weighted by Gasteiger charge is 2.35. The Balaban J connectivity index is 1.14. The number of rotatable bonds is 8. The van der Waals surface area contributed by atoms with E-state index in [0.717, 1.165) is 50.1 Å². The van der Waals surface area contributed by atoms with Crippen molar-refractivity contribution in [2.75, 3.05) is 0 Å². The quantitative estimate of drug-likeness (QED) is 0.113. The zero-order valence-corrected chi connectivity index (χ0v) is 32.7. The Morgan fingerprint density at radius 2 is 1.05 bits per heavy atom. The second-order valence-corrected chi connectivity index (χ2v) is 15.2. The molecule has 7 aromatic carbocycles. The van der Waals surface area contributed by atoms with Crippen LogP contribution in [0.4, 0.5) is 0 Å². The van der Waals surface area contributed by atoms with Crippen LogP contribution in [-0.4, -0.2) is 23.4 Å². The molecule has 0 amide bonds. The van der Waals surface area contributed by atoms with Crippen molar-refractivity contribution in [3.63, 3.8) is 0 Å². The van der Waals surface area contributed by atoms with E-state index in [1.54, 1.807) is 6.20 Å². The maximum Gasteiger partial charge on any atom is 0.161 e. The summed E-state index contributed by atoms with van der Waals surface area (Å²) in [7, 11) is 0. The van der Waals surface area contributed by atoms with Gasteiger partial charge in [-0.1, -0.05) is 166 Å². The molecule has 1 aliphatic carbocycles. The molecule has 9 rings (SSSR count). The van der Waals surface area contributed by atoms with Crippen LogP contribution in [0.15, 0.2) is 209 Å². The number of fused-ring (bicyclic) bond motifs is 3. The first-order valence-corrected chi connectivity index (χ1v) is 19.7. The van der Waals surface area contributed by atoms with Gasteiger partial charge in [-0.05, 0) is 109 Å². The van der Waals surface area contributed by atoms with E-state index in [0.29, 0.717) is 18.2 Å². The average molecular weight is 747 g/mol. The van der Waals surface area contributed by atoms with Gasteiger partial charge in [-0.25, -0.2) is 9.98 Å². The summed E-state index contributed by atoms with van der Waals surface area (Å²) in [4.78, 5) is 19.2. The van der Waals surface area contributed by atoms with Gasteiger partial charge in [0.15, 0.2) is 11.7 Å². The van der Waals surface area contributed by atoms with Gasteiger partial charge in [0.1, 0.15) is 0 Å². The molecule has 0 fully saturated rings. The van der Waals surface area contributed by atoms with Gasteiger partial charge < -0.3 is 0 Å². The van der Waals surface area contributed by atoms with Crippen molar-refractivity contribution in [1.29, 1.82) is 0 Å². The van der Waals surface area contributed by atoms with E-state index in [9.17, 15) is 0 Å².